The minimum Gasteiger partial charge on any atom is -0.479 e. The Kier molecular flexibility index (Phi) is 5.26. The number of nitrogens with zero attached hydrogens (tertiary/aromatic N) is 1. The molecule has 1 aromatic carbocycles. The summed E-state index contributed by atoms with van der Waals surface area (Å²) in [6.45, 7) is 2.04. The summed E-state index contributed by atoms with van der Waals surface area (Å²) in [5.74, 6) is -0.933. The second-order valence-electron chi connectivity index (χ2n) is 7.57. The fraction of sp³-hybridized carbons (Fsp3) is 0.650. The van der Waals surface area contributed by atoms with E-state index in [0.717, 1.165) is 63.6 Å². The van der Waals surface area contributed by atoms with Crippen molar-refractivity contribution < 1.29 is 15.0 Å². The zero-order valence-corrected chi connectivity index (χ0v) is 14.6. The van der Waals surface area contributed by atoms with Crippen LogP contribution < -0.4 is 0 Å². The number of hydrogen-bond acceptors (Lipinski definition) is 3. The van der Waals surface area contributed by atoms with Gasteiger partial charge < -0.3 is 15.1 Å². The Morgan fingerprint density at radius 3 is 2.33 bits per heavy atom. The van der Waals surface area contributed by atoms with Crippen LogP contribution in [0.2, 0.25) is 0 Å². The number of carboxylic acid groups (broad SMARTS) is 1. The molecule has 2 N–H and O–H groups in total. The normalized spacial score (nSPS) is 23.8. The first-order valence-corrected chi connectivity index (χ1v) is 9.27. The average Bonchev–Trinajstić information content (AvgIpc) is 2.62. The summed E-state index contributed by atoms with van der Waals surface area (Å²) in [4.78, 5) is 14.5. The van der Waals surface area contributed by atoms with E-state index in [1.54, 1.807) is 0 Å². The highest BCUT2D eigenvalue weighted by atomic mass is 16.4. The maximum atomic E-state index is 12.1. The van der Waals surface area contributed by atoms with Crippen LogP contribution >= 0.6 is 0 Å². The number of aliphatic hydroxyl groups is 1. The molecular formula is C20H29NO3. The van der Waals surface area contributed by atoms with Gasteiger partial charge in [0.2, 0.25) is 0 Å². The van der Waals surface area contributed by atoms with Crippen LogP contribution in [0.3, 0.4) is 0 Å². The molecule has 132 valence electrons. The van der Waals surface area contributed by atoms with Crippen molar-refractivity contribution in [3.63, 3.8) is 0 Å². The van der Waals surface area contributed by atoms with Gasteiger partial charge in [-0.3, -0.25) is 0 Å². The Morgan fingerprint density at radius 2 is 1.71 bits per heavy atom. The highest BCUT2D eigenvalue weighted by molar-refractivity contribution is 5.80. The third-order valence-corrected chi connectivity index (χ3v) is 6.05. The molecule has 1 saturated heterocycles. The highest BCUT2D eigenvalue weighted by Gasteiger charge is 2.47. The molecule has 0 aromatic heterocycles. The second-order valence-corrected chi connectivity index (χ2v) is 7.57. The smallest absolute Gasteiger partial charge is 0.340 e. The Bertz CT molecular complexity index is 574. The number of rotatable bonds is 4. The predicted molar refractivity (Wildman–Crippen MR) is 94.0 cm³/mol. The fourth-order valence-corrected chi connectivity index (χ4v) is 4.55. The van der Waals surface area contributed by atoms with Gasteiger partial charge in [0.05, 0.1) is 0 Å². The van der Waals surface area contributed by atoms with Gasteiger partial charge in [-0.1, -0.05) is 43.5 Å². The van der Waals surface area contributed by atoms with Crippen molar-refractivity contribution in [2.45, 2.75) is 56.5 Å². The minimum absolute atomic E-state index is 0.184. The van der Waals surface area contributed by atoms with E-state index < -0.39 is 11.6 Å². The molecule has 1 atom stereocenters. The van der Waals surface area contributed by atoms with Gasteiger partial charge in [0.25, 0.3) is 0 Å². The molecule has 1 aliphatic heterocycles. The van der Waals surface area contributed by atoms with E-state index >= 15 is 0 Å². The van der Waals surface area contributed by atoms with E-state index in [9.17, 15) is 15.0 Å². The van der Waals surface area contributed by atoms with Crippen LogP contribution in [-0.4, -0.2) is 41.2 Å². The van der Waals surface area contributed by atoms with Crippen LogP contribution in [0.15, 0.2) is 24.3 Å². The molecule has 0 spiro atoms. The summed E-state index contributed by atoms with van der Waals surface area (Å²) in [5.41, 5.74) is -0.0691. The summed E-state index contributed by atoms with van der Waals surface area (Å²) in [6, 6.07) is 7.71. The van der Waals surface area contributed by atoms with Crippen LogP contribution in [-0.2, 0) is 10.4 Å². The highest BCUT2D eigenvalue weighted by Crippen LogP contribution is 2.43. The van der Waals surface area contributed by atoms with E-state index in [1.807, 2.05) is 24.3 Å². The van der Waals surface area contributed by atoms with Crippen LogP contribution in [0, 0.1) is 5.92 Å². The molecule has 24 heavy (non-hydrogen) atoms. The zero-order chi connectivity index (χ0) is 17.2. The maximum Gasteiger partial charge on any atom is 0.340 e. The molecule has 2 fully saturated rings. The molecule has 0 radical (unpaired) electrons. The van der Waals surface area contributed by atoms with Crippen molar-refractivity contribution in [1.82, 2.24) is 4.90 Å². The average molecular weight is 331 g/mol. The van der Waals surface area contributed by atoms with Gasteiger partial charge in [-0.05, 0) is 62.9 Å². The molecule has 1 aromatic rings. The third-order valence-electron chi connectivity index (χ3n) is 6.05. The molecule has 2 aliphatic rings. The van der Waals surface area contributed by atoms with Gasteiger partial charge in [-0.2, -0.15) is 0 Å². The zero-order valence-electron chi connectivity index (χ0n) is 14.6. The minimum atomic E-state index is -1.75. The number of benzene rings is 1. The Morgan fingerprint density at radius 1 is 1.08 bits per heavy atom. The SMILES string of the molecule is CN1CCC(c2ccccc2[C@](O)(C(=O)O)C2CCCCC2)CC1. The summed E-state index contributed by atoms with van der Waals surface area (Å²) >= 11 is 0. The van der Waals surface area contributed by atoms with Gasteiger partial charge in [-0.25, -0.2) is 4.79 Å². The number of aliphatic carboxylic acids is 1. The lowest BCUT2D eigenvalue weighted by molar-refractivity contribution is -0.168. The molecule has 0 unspecified atom stereocenters. The molecule has 1 saturated carbocycles. The van der Waals surface area contributed by atoms with Crippen molar-refractivity contribution in [2.24, 2.45) is 5.92 Å². The molecule has 4 heteroatoms. The van der Waals surface area contributed by atoms with Crippen molar-refractivity contribution >= 4 is 5.97 Å². The van der Waals surface area contributed by atoms with E-state index in [0.29, 0.717) is 11.5 Å². The van der Waals surface area contributed by atoms with Gasteiger partial charge in [0, 0.05) is 5.92 Å². The topological polar surface area (TPSA) is 60.8 Å². The second kappa shape index (κ2) is 7.24. The molecule has 0 bridgehead atoms. The summed E-state index contributed by atoms with van der Waals surface area (Å²) in [5, 5.41) is 21.3. The fourth-order valence-electron chi connectivity index (χ4n) is 4.55. The lowest BCUT2D eigenvalue weighted by Gasteiger charge is -2.38. The van der Waals surface area contributed by atoms with Crippen LogP contribution in [0.1, 0.15) is 62.0 Å². The number of carbonyl (C=O) groups is 1. The van der Waals surface area contributed by atoms with E-state index in [-0.39, 0.29) is 5.92 Å². The standard InChI is InChI=1S/C20H29NO3/c1-21-13-11-15(12-14-21)17-9-5-6-10-18(17)20(24,19(22)23)16-7-3-2-4-8-16/h5-6,9-10,15-16,24H,2-4,7-8,11-14H2,1H3,(H,22,23)/t20-/m0/s1. The van der Waals surface area contributed by atoms with Gasteiger partial charge in [0.15, 0.2) is 5.60 Å². The Labute approximate surface area is 144 Å². The van der Waals surface area contributed by atoms with E-state index in [2.05, 4.69) is 11.9 Å². The summed E-state index contributed by atoms with van der Waals surface area (Å²) in [7, 11) is 2.12. The van der Waals surface area contributed by atoms with Crippen LogP contribution in [0.4, 0.5) is 0 Å². The Hall–Kier alpha value is -1.39. The third kappa shape index (κ3) is 3.22. The molecule has 3 rings (SSSR count). The van der Waals surface area contributed by atoms with Crippen LogP contribution in [0.25, 0.3) is 0 Å². The lowest BCUT2D eigenvalue weighted by atomic mass is 9.70. The first kappa shape index (κ1) is 17.4. The summed E-state index contributed by atoms with van der Waals surface area (Å²) < 4.78 is 0. The first-order chi connectivity index (χ1) is 11.5. The molecule has 0 amide bonds. The quantitative estimate of drug-likeness (QED) is 0.888. The lowest BCUT2D eigenvalue weighted by Crippen LogP contribution is -2.45. The monoisotopic (exact) mass is 331 g/mol. The number of likely N-dealkylation sites (tertiary alicyclic amines) is 1. The molecular weight excluding hydrogens is 302 g/mol. The van der Waals surface area contributed by atoms with Crippen LogP contribution in [0.5, 0.6) is 0 Å². The predicted octanol–water partition coefficient (Wildman–Crippen LogP) is 3.35. The molecule has 1 heterocycles. The van der Waals surface area contributed by atoms with Gasteiger partial charge in [0.1, 0.15) is 0 Å². The number of hydrogen-bond donors (Lipinski definition) is 2. The first-order valence-electron chi connectivity index (χ1n) is 9.27. The van der Waals surface area contributed by atoms with Gasteiger partial charge in [-0.15, -0.1) is 0 Å². The van der Waals surface area contributed by atoms with E-state index in [1.165, 1.54) is 0 Å². The summed E-state index contributed by atoms with van der Waals surface area (Å²) in [6.07, 6.45) is 6.80. The van der Waals surface area contributed by atoms with Crippen molar-refractivity contribution in [3.05, 3.63) is 35.4 Å². The number of carboxylic acids is 1. The Balaban J connectivity index is 1.97. The van der Waals surface area contributed by atoms with Gasteiger partial charge >= 0.3 is 5.97 Å². The van der Waals surface area contributed by atoms with Crippen molar-refractivity contribution in [2.75, 3.05) is 20.1 Å². The molecule has 1 aliphatic carbocycles. The van der Waals surface area contributed by atoms with Crippen molar-refractivity contribution in [3.8, 4) is 0 Å². The molecule has 4 nitrogen and oxygen atoms in total. The van der Waals surface area contributed by atoms with E-state index in [4.69, 9.17) is 0 Å². The maximum absolute atomic E-state index is 12.1. The largest absolute Gasteiger partial charge is 0.479 e. The number of piperidine rings is 1. The van der Waals surface area contributed by atoms with Crippen molar-refractivity contribution in [1.29, 1.82) is 0 Å².